The van der Waals surface area contributed by atoms with Crippen LogP contribution in [0.5, 0.6) is 11.5 Å². The van der Waals surface area contributed by atoms with Crippen molar-refractivity contribution in [2.45, 2.75) is 32.9 Å². The molecule has 0 unspecified atom stereocenters. The van der Waals surface area contributed by atoms with Gasteiger partial charge >= 0.3 is 0 Å². The van der Waals surface area contributed by atoms with Gasteiger partial charge in [-0.1, -0.05) is 0 Å². The Labute approximate surface area is 102 Å². The summed E-state index contributed by atoms with van der Waals surface area (Å²) in [7, 11) is 0. The second-order valence-corrected chi connectivity index (χ2v) is 5.03. The van der Waals surface area contributed by atoms with Crippen molar-refractivity contribution in [2.24, 2.45) is 0 Å². The average Bonchev–Trinajstić information content (AvgIpc) is 2.73. The zero-order valence-corrected chi connectivity index (χ0v) is 10.5. The first-order chi connectivity index (χ1) is 8.02. The van der Waals surface area contributed by atoms with Crippen LogP contribution in [0.2, 0.25) is 0 Å². The molecule has 0 saturated carbocycles. The number of aliphatic hydroxyl groups excluding tert-OH is 1. The number of hydrogen-bond acceptors (Lipinski definition) is 4. The Morgan fingerprint density at radius 3 is 2.59 bits per heavy atom. The van der Waals surface area contributed by atoms with Crippen molar-refractivity contribution in [1.29, 1.82) is 0 Å². The molecule has 1 aromatic carbocycles. The molecule has 4 nitrogen and oxygen atoms in total. The number of aliphatic hydroxyl groups is 1. The van der Waals surface area contributed by atoms with E-state index in [9.17, 15) is 5.11 Å². The van der Waals surface area contributed by atoms with Gasteiger partial charge in [-0.2, -0.15) is 0 Å². The van der Waals surface area contributed by atoms with Gasteiger partial charge in [0.2, 0.25) is 6.79 Å². The molecule has 1 aliphatic heterocycles. The molecule has 0 spiro atoms. The SMILES string of the molecule is Cc1cc2c(cc1CNC(C)(C)CO)OCO2. The molecule has 0 aromatic heterocycles. The topological polar surface area (TPSA) is 50.7 Å². The predicted molar refractivity (Wildman–Crippen MR) is 65.3 cm³/mol. The van der Waals surface area contributed by atoms with E-state index < -0.39 is 0 Å². The monoisotopic (exact) mass is 237 g/mol. The van der Waals surface area contributed by atoms with E-state index in [-0.39, 0.29) is 12.1 Å². The van der Waals surface area contributed by atoms with Gasteiger partial charge < -0.3 is 19.9 Å². The number of aryl methyl sites for hydroxylation is 1. The molecule has 0 radical (unpaired) electrons. The lowest BCUT2D eigenvalue weighted by atomic mass is 10.0. The van der Waals surface area contributed by atoms with Crippen LogP contribution in [0.15, 0.2) is 12.1 Å². The molecule has 17 heavy (non-hydrogen) atoms. The molecule has 0 bridgehead atoms. The lowest BCUT2D eigenvalue weighted by Gasteiger charge is -2.24. The van der Waals surface area contributed by atoms with Crippen molar-refractivity contribution in [3.8, 4) is 11.5 Å². The fourth-order valence-corrected chi connectivity index (χ4v) is 1.67. The average molecular weight is 237 g/mol. The van der Waals surface area contributed by atoms with E-state index in [0.29, 0.717) is 13.3 Å². The van der Waals surface area contributed by atoms with Crippen LogP contribution in [0.1, 0.15) is 25.0 Å². The molecule has 1 aliphatic rings. The lowest BCUT2D eigenvalue weighted by molar-refractivity contribution is 0.174. The van der Waals surface area contributed by atoms with Crippen molar-refractivity contribution in [3.05, 3.63) is 23.3 Å². The molecule has 1 heterocycles. The molecule has 1 aromatic rings. The molecular formula is C13H19NO3. The number of rotatable bonds is 4. The second-order valence-electron chi connectivity index (χ2n) is 5.03. The molecule has 2 N–H and O–H groups in total. The number of fused-ring (bicyclic) bond motifs is 1. The summed E-state index contributed by atoms with van der Waals surface area (Å²) < 4.78 is 10.7. The summed E-state index contributed by atoms with van der Waals surface area (Å²) in [5, 5.41) is 12.5. The van der Waals surface area contributed by atoms with Crippen LogP contribution >= 0.6 is 0 Å². The van der Waals surface area contributed by atoms with Crippen LogP contribution in [0.4, 0.5) is 0 Å². The minimum atomic E-state index is -0.275. The van der Waals surface area contributed by atoms with E-state index in [1.54, 1.807) is 0 Å². The van der Waals surface area contributed by atoms with Crippen LogP contribution in [0, 0.1) is 6.92 Å². The van der Waals surface area contributed by atoms with Gasteiger partial charge in [0, 0.05) is 12.1 Å². The summed E-state index contributed by atoms with van der Waals surface area (Å²) in [6, 6.07) is 3.99. The Morgan fingerprint density at radius 2 is 1.94 bits per heavy atom. The molecule has 4 heteroatoms. The number of ether oxygens (including phenoxy) is 2. The maximum Gasteiger partial charge on any atom is 0.231 e. The summed E-state index contributed by atoms with van der Waals surface area (Å²) in [5.41, 5.74) is 2.05. The van der Waals surface area contributed by atoms with Crippen LogP contribution in [0.3, 0.4) is 0 Å². The molecule has 2 rings (SSSR count). The Kier molecular flexibility index (Phi) is 3.26. The van der Waals surface area contributed by atoms with Gasteiger partial charge in [-0.05, 0) is 44.0 Å². The van der Waals surface area contributed by atoms with Crippen molar-refractivity contribution in [2.75, 3.05) is 13.4 Å². The van der Waals surface area contributed by atoms with E-state index in [1.165, 1.54) is 0 Å². The zero-order chi connectivity index (χ0) is 12.5. The van der Waals surface area contributed by atoms with Crippen molar-refractivity contribution in [1.82, 2.24) is 5.32 Å². The van der Waals surface area contributed by atoms with Gasteiger partial charge in [0.05, 0.1) is 6.61 Å². The van der Waals surface area contributed by atoms with Crippen molar-refractivity contribution in [3.63, 3.8) is 0 Å². The van der Waals surface area contributed by atoms with Gasteiger partial charge in [0.1, 0.15) is 0 Å². The van der Waals surface area contributed by atoms with Crippen molar-refractivity contribution >= 4 is 0 Å². The van der Waals surface area contributed by atoms with Crippen LogP contribution in [-0.4, -0.2) is 24.0 Å². The highest BCUT2D eigenvalue weighted by Crippen LogP contribution is 2.34. The summed E-state index contributed by atoms with van der Waals surface area (Å²) in [6.45, 7) is 7.09. The second kappa shape index (κ2) is 4.55. The fourth-order valence-electron chi connectivity index (χ4n) is 1.67. The summed E-state index contributed by atoms with van der Waals surface area (Å²) in [4.78, 5) is 0. The molecule has 0 amide bonds. The third-order valence-electron chi connectivity index (χ3n) is 2.98. The normalized spacial score (nSPS) is 14.1. The highest BCUT2D eigenvalue weighted by molar-refractivity contribution is 5.48. The van der Waals surface area contributed by atoms with Crippen molar-refractivity contribution < 1.29 is 14.6 Å². The van der Waals surface area contributed by atoms with Crippen LogP contribution < -0.4 is 14.8 Å². The molecule has 0 atom stereocenters. The van der Waals surface area contributed by atoms with Crippen LogP contribution in [-0.2, 0) is 6.54 Å². The van der Waals surface area contributed by atoms with E-state index in [4.69, 9.17) is 9.47 Å². The largest absolute Gasteiger partial charge is 0.454 e. The van der Waals surface area contributed by atoms with E-state index in [1.807, 2.05) is 32.9 Å². The van der Waals surface area contributed by atoms with E-state index in [0.717, 1.165) is 22.6 Å². The predicted octanol–water partition coefficient (Wildman–Crippen LogP) is 1.58. The van der Waals surface area contributed by atoms with Gasteiger partial charge in [-0.25, -0.2) is 0 Å². The number of nitrogens with one attached hydrogen (secondary N) is 1. The van der Waals surface area contributed by atoms with Crippen LogP contribution in [0.25, 0.3) is 0 Å². The lowest BCUT2D eigenvalue weighted by Crippen LogP contribution is -2.42. The minimum absolute atomic E-state index is 0.108. The smallest absolute Gasteiger partial charge is 0.231 e. The highest BCUT2D eigenvalue weighted by atomic mass is 16.7. The maximum absolute atomic E-state index is 9.19. The quantitative estimate of drug-likeness (QED) is 0.835. The molecule has 0 saturated heterocycles. The summed E-state index contributed by atoms with van der Waals surface area (Å²) in [5.74, 6) is 1.61. The maximum atomic E-state index is 9.19. The first-order valence-electron chi connectivity index (χ1n) is 5.77. The molecule has 0 aliphatic carbocycles. The number of benzene rings is 1. The fraction of sp³-hybridized carbons (Fsp3) is 0.538. The van der Waals surface area contributed by atoms with Gasteiger partial charge in [-0.15, -0.1) is 0 Å². The third kappa shape index (κ3) is 2.70. The Bertz CT molecular complexity index is 415. The Balaban J connectivity index is 2.11. The zero-order valence-electron chi connectivity index (χ0n) is 10.5. The number of hydrogen-bond donors (Lipinski definition) is 2. The molecular weight excluding hydrogens is 218 g/mol. The van der Waals surface area contributed by atoms with E-state index in [2.05, 4.69) is 5.32 Å². The Morgan fingerprint density at radius 1 is 1.29 bits per heavy atom. The summed E-state index contributed by atoms with van der Waals surface area (Å²) in [6.07, 6.45) is 0. The van der Waals surface area contributed by atoms with Gasteiger partial charge in [-0.3, -0.25) is 0 Å². The minimum Gasteiger partial charge on any atom is -0.454 e. The standard InChI is InChI=1S/C13H19NO3/c1-9-4-11-12(17-8-16-11)5-10(9)6-14-13(2,3)7-15/h4-5,14-15H,6-8H2,1-3H3. The highest BCUT2D eigenvalue weighted by Gasteiger charge is 2.18. The molecule has 94 valence electrons. The van der Waals surface area contributed by atoms with Gasteiger partial charge in [0.15, 0.2) is 11.5 Å². The summed E-state index contributed by atoms with van der Waals surface area (Å²) >= 11 is 0. The molecule has 0 fully saturated rings. The van der Waals surface area contributed by atoms with E-state index >= 15 is 0 Å². The first kappa shape index (κ1) is 12.2. The third-order valence-corrected chi connectivity index (χ3v) is 2.98. The Hall–Kier alpha value is -1.26. The van der Waals surface area contributed by atoms with Gasteiger partial charge in [0.25, 0.3) is 0 Å². The first-order valence-corrected chi connectivity index (χ1v) is 5.77.